The molecule has 0 fully saturated rings. The number of para-hydroxylation sites is 1. The van der Waals surface area contributed by atoms with Gasteiger partial charge >= 0.3 is 11.9 Å². The Labute approximate surface area is 603 Å². The lowest BCUT2D eigenvalue weighted by Gasteiger charge is -2.30. The van der Waals surface area contributed by atoms with Gasteiger partial charge in [-0.3, -0.25) is 67.6 Å². The van der Waals surface area contributed by atoms with Crippen molar-refractivity contribution in [1.29, 1.82) is 0 Å². The molecule has 0 unspecified atom stereocenters. The van der Waals surface area contributed by atoms with E-state index in [1.165, 1.54) is 20.0 Å². The standard InChI is InChI=1S/C66H113N19O19/c1-9-33(5)51(62(100)80-43(26-32(3)4)57(95)82-47(31-86)65(103)104)83-54(92)40(20-13-15-23-67)75-59(97)45(28-48(69)89)79-58(96)44(27-37-30-74-39-19-12-11-18-38(37)39)78-60(98)46(29-49(90)91)81-63(101)52(34(6)10-2)84-55(93)41(21-14-16-24-68)77-64(102)53(36(8)88)85-56(94)42(22-17-25-73-66(71)72)76-61(99)50(70)35(7)87/h11-12,18-19,30,32-36,40-47,50-53,66,73-74,86-88H,9-10,13-17,20-29,31,67-68,70-72H2,1-8H3,(H2,69,89)(H,75,97)(H,76,99)(H,77,102)(H,78,98)(H,79,96)(H,80,100)(H,81,101)(H,82,95)(H,83,92)(H,84,93)(H,85,94)(H,90,91)(H,103,104)/p+3/t33-,34-,35+,36+,40-,41-,42-,43-,44-,45-,46-,47-,50-,51-,52-,53-/m0/s1. The van der Waals surface area contributed by atoms with E-state index in [9.17, 15) is 92.7 Å². The van der Waals surface area contributed by atoms with Gasteiger partial charge in [-0.2, -0.15) is 0 Å². The van der Waals surface area contributed by atoms with E-state index in [2.05, 4.69) is 86.0 Å². The number of nitrogens with two attached hydrogens (primary N) is 3. The summed E-state index contributed by atoms with van der Waals surface area (Å²) in [4.78, 5) is 196. The molecule has 38 heteroatoms. The Morgan fingerprint density at radius 1 is 0.490 bits per heavy atom. The number of hydrogen-bond donors (Lipinski definition) is 24. The molecule has 2 rings (SSSR count). The number of carbonyl (C=O) groups excluding carboxylic acids is 12. The first-order valence-electron chi connectivity index (χ1n) is 35.2. The van der Waals surface area contributed by atoms with Gasteiger partial charge in [-0.1, -0.05) is 72.6 Å². The third-order valence-electron chi connectivity index (χ3n) is 17.4. The molecule has 33 N–H and O–H groups in total. The minimum absolute atomic E-state index is 0.0118. The van der Waals surface area contributed by atoms with Gasteiger partial charge in [-0.15, -0.1) is 0 Å². The number of H-pyrrole nitrogens is 1. The van der Waals surface area contributed by atoms with E-state index in [1.807, 2.05) is 0 Å². The molecule has 104 heavy (non-hydrogen) atoms. The molecule has 586 valence electrons. The molecule has 0 saturated carbocycles. The molecule has 1 heterocycles. The Morgan fingerprint density at radius 3 is 1.35 bits per heavy atom. The summed E-state index contributed by atoms with van der Waals surface area (Å²) in [7, 11) is 0. The number of quaternary nitrogens is 3. The molecule has 0 aliphatic heterocycles. The zero-order valence-corrected chi connectivity index (χ0v) is 60.8. The number of aliphatic hydroxyl groups excluding tert-OH is 3. The van der Waals surface area contributed by atoms with Crippen molar-refractivity contribution in [2.45, 2.75) is 236 Å². The summed E-state index contributed by atoms with van der Waals surface area (Å²) in [5.41, 5.74) is 29.1. The van der Waals surface area contributed by atoms with Crippen LogP contribution in [0, 0.1) is 17.8 Å². The summed E-state index contributed by atoms with van der Waals surface area (Å²) in [6.45, 7) is 12.6. The number of amides is 12. The van der Waals surface area contributed by atoms with Crippen molar-refractivity contribution in [2.75, 3.05) is 26.2 Å². The Bertz CT molecular complexity index is 3170. The fourth-order valence-corrected chi connectivity index (χ4v) is 10.8. The zero-order chi connectivity index (χ0) is 78.7. The van der Waals surface area contributed by atoms with E-state index in [0.29, 0.717) is 48.8 Å². The Balaban J connectivity index is 2.64. The molecular formula is C66H116N19O19+3. The molecule has 2 aromatic rings. The predicted molar refractivity (Wildman–Crippen MR) is 375 cm³/mol. The molecule has 12 amide bonds. The highest BCUT2D eigenvalue weighted by atomic mass is 16.4. The number of aliphatic hydroxyl groups is 3. The van der Waals surface area contributed by atoms with E-state index >= 15 is 0 Å². The lowest BCUT2D eigenvalue weighted by atomic mass is 9.96. The Morgan fingerprint density at radius 2 is 0.894 bits per heavy atom. The van der Waals surface area contributed by atoms with E-state index in [1.54, 1.807) is 65.8 Å². The van der Waals surface area contributed by atoms with Gasteiger partial charge in [0.1, 0.15) is 78.9 Å². The fraction of sp³-hybridized carbons (Fsp3) is 0.667. The van der Waals surface area contributed by atoms with Crippen LogP contribution in [0.15, 0.2) is 30.5 Å². The number of hydrogen-bond acceptors (Lipinski definition) is 20. The average molecular weight is 1480 g/mol. The second kappa shape index (κ2) is 46.6. The smallest absolute Gasteiger partial charge is 0.328 e. The number of carboxylic acids is 2. The van der Waals surface area contributed by atoms with E-state index in [4.69, 9.17) is 17.2 Å². The number of carboxylic acid groups (broad SMARTS) is 2. The van der Waals surface area contributed by atoms with Crippen molar-refractivity contribution in [1.82, 2.24) is 68.8 Å². The summed E-state index contributed by atoms with van der Waals surface area (Å²) >= 11 is 0. The van der Waals surface area contributed by atoms with Crippen LogP contribution in [0.5, 0.6) is 0 Å². The first-order valence-corrected chi connectivity index (χ1v) is 35.2. The minimum Gasteiger partial charge on any atom is -0.481 e. The van der Waals surface area contributed by atoms with Crippen LogP contribution >= 0.6 is 0 Å². The second-order valence-electron chi connectivity index (χ2n) is 26.6. The molecule has 38 nitrogen and oxygen atoms in total. The Kier molecular flexibility index (Phi) is 40.8. The summed E-state index contributed by atoms with van der Waals surface area (Å²) in [5, 5.41) is 80.9. The van der Waals surface area contributed by atoms with Crippen LogP contribution in [0.25, 0.3) is 10.9 Å². The van der Waals surface area contributed by atoms with Gasteiger partial charge in [0.25, 0.3) is 5.91 Å². The summed E-state index contributed by atoms with van der Waals surface area (Å²) in [6.07, 6.45) is -2.75. The third kappa shape index (κ3) is 31.5. The van der Waals surface area contributed by atoms with Crippen LogP contribution in [0.3, 0.4) is 0 Å². The number of nitrogens with one attached hydrogen (secondary N) is 13. The maximum Gasteiger partial charge on any atom is 0.328 e. The summed E-state index contributed by atoms with van der Waals surface area (Å²) in [6, 6.07) is -12.1. The number of primary amides is 1. The number of aromatic amines is 1. The number of benzene rings is 1. The monoisotopic (exact) mass is 1480 g/mol. The number of fused-ring (bicyclic) bond motifs is 1. The number of aliphatic carboxylic acids is 2. The average Bonchev–Trinajstić information content (AvgIpc) is 1.54. The van der Waals surface area contributed by atoms with Crippen LogP contribution in [-0.4, -0.2) is 231 Å². The molecule has 0 spiro atoms. The maximum atomic E-state index is 14.9. The molecule has 1 aromatic carbocycles. The Hall–Kier alpha value is -9.02. The molecule has 0 saturated heterocycles. The van der Waals surface area contributed by atoms with Gasteiger partial charge in [0.05, 0.1) is 38.6 Å². The van der Waals surface area contributed by atoms with Crippen LogP contribution < -0.4 is 98.2 Å². The van der Waals surface area contributed by atoms with Crippen molar-refractivity contribution in [3.63, 3.8) is 0 Å². The number of unbranched alkanes of at least 4 members (excludes halogenated alkanes) is 2. The van der Waals surface area contributed by atoms with Gasteiger partial charge in [0.2, 0.25) is 65.0 Å². The topological polar surface area (TPSA) is 661 Å². The SMILES string of the molecule is CC[C@H](C)[C@H](NC(=O)[C@H](CCCC[NH3+])NC(=O)[C@H](CC(N)=O)NC(=O)[C@H](Cc1c[nH]c2ccccc12)NC(=O)[C@H](CC(=O)O)NC(=O)[C@@H](NC(=O)[C@H](CCCC[NH3+])NC(=O)[C@@H](NC(=O)[C@H](CCCNC(N)N)NC(=O)[C@@H]([NH3+])[C@@H](C)O)[C@@H](C)O)[C@@H](C)CC)C(=O)N[C@@H](CC(C)C)C(=O)N[C@@H](CO)C(=O)O. The first-order chi connectivity index (χ1) is 48.9. The normalized spacial score (nSPS) is 16.1. The largest absolute Gasteiger partial charge is 0.481 e. The number of rotatable bonds is 51. The summed E-state index contributed by atoms with van der Waals surface area (Å²) < 4.78 is 0. The van der Waals surface area contributed by atoms with E-state index in [0.717, 1.165) is 0 Å². The van der Waals surface area contributed by atoms with Gasteiger partial charge < -0.3 is 123 Å². The highest BCUT2D eigenvalue weighted by Crippen LogP contribution is 2.21. The number of carbonyl (C=O) groups is 14. The van der Waals surface area contributed by atoms with Gasteiger partial charge in [0, 0.05) is 23.5 Å². The lowest BCUT2D eigenvalue weighted by molar-refractivity contribution is -0.419. The van der Waals surface area contributed by atoms with Crippen LogP contribution in [-0.2, 0) is 73.5 Å². The highest BCUT2D eigenvalue weighted by molar-refractivity contribution is 6.01. The molecule has 0 aliphatic carbocycles. The summed E-state index contributed by atoms with van der Waals surface area (Å²) in [5.74, 6) is -17.1. The van der Waals surface area contributed by atoms with Crippen molar-refractivity contribution in [3.05, 3.63) is 36.0 Å². The van der Waals surface area contributed by atoms with Crippen molar-refractivity contribution >= 4 is 93.7 Å². The van der Waals surface area contributed by atoms with Crippen LogP contribution in [0.4, 0.5) is 0 Å². The van der Waals surface area contributed by atoms with Crippen LogP contribution in [0.2, 0.25) is 0 Å². The van der Waals surface area contributed by atoms with E-state index in [-0.39, 0.29) is 63.8 Å². The molecular weight excluding hydrogens is 1360 g/mol. The van der Waals surface area contributed by atoms with Crippen molar-refractivity contribution < 1.29 is 110 Å². The molecule has 0 radical (unpaired) electrons. The number of aromatic nitrogens is 1. The minimum atomic E-state index is -2.02. The second-order valence-corrected chi connectivity index (χ2v) is 26.6. The molecule has 1 aromatic heterocycles. The fourth-order valence-electron chi connectivity index (χ4n) is 10.8. The predicted octanol–water partition coefficient (Wildman–Crippen LogP) is -8.62. The van der Waals surface area contributed by atoms with Gasteiger partial charge in [0.15, 0.2) is 6.04 Å². The quantitative estimate of drug-likeness (QED) is 0.0216. The molecule has 16 atom stereocenters. The third-order valence-corrected chi connectivity index (χ3v) is 17.4. The van der Waals surface area contributed by atoms with Crippen molar-refractivity contribution in [3.8, 4) is 0 Å². The lowest BCUT2D eigenvalue weighted by Crippen LogP contribution is -2.73. The van der Waals surface area contributed by atoms with Crippen molar-refractivity contribution in [2.24, 2.45) is 35.0 Å². The maximum absolute atomic E-state index is 14.9. The van der Waals surface area contributed by atoms with Gasteiger partial charge in [-0.25, -0.2) is 4.79 Å². The molecule has 0 bridgehead atoms. The van der Waals surface area contributed by atoms with Gasteiger partial charge in [-0.05, 0) is 108 Å². The zero-order valence-electron chi connectivity index (χ0n) is 60.8. The first kappa shape index (κ1) is 91.1. The van der Waals surface area contributed by atoms with E-state index < -0.39 is 212 Å². The molecule has 0 aliphatic rings. The van der Waals surface area contributed by atoms with Crippen LogP contribution in [0.1, 0.15) is 144 Å². The highest BCUT2D eigenvalue weighted by Gasteiger charge is 2.40.